The van der Waals surface area contributed by atoms with Gasteiger partial charge in [0.05, 0.1) is 45.0 Å². The molecule has 2 aliphatic rings. The third-order valence-electron chi connectivity index (χ3n) is 10.6. The molecule has 4 nitrogen and oxygen atoms in total. The molecule has 5 heterocycles. The molecule has 0 spiro atoms. The zero-order chi connectivity index (χ0) is 49.3. The number of H-pyrrole nitrogens is 2. The van der Waals surface area contributed by atoms with Crippen LogP contribution in [0.1, 0.15) is 22.8 Å². The number of hydrogen-bond donors (Lipinski definition) is 2. The molecule has 25 heteroatoms. The molecule has 2 aliphatic heterocycles. The summed E-state index contributed by atoms with van der Waals surface area (Å²) in [6, 6.07) is 2.51. The summed E-state index contributed by atoms with van der Waals surface area (Å²) in [5.74, 6) is -52.6. The van der Waals surface area contributed by atoms with E-state index >= 15 is 35.1 Å². The molecule has 8 bridgehead atoms. The van der Waals surface area contributed by atoms with Gasteiger partial charge in [0, 0.05) is 61.1 Å². The Morgan fingerprint density at radius 2 is 0.362 bits per heavy atom. The minimum atomic E-state index is -2.72. The van der Waals surface area contributed by atoms with Gasteiger partial charge in [-0.1, -0.05) is 0 Å². The normalized spacial score (nSPS) is 12.1. The van der Waals surface area contributed by atoms with Gasteiger partial charge in [0.15, 0.2) is 93.1 Å². The van der Waals surface area contributed by atoms with Crippen molar-refractivity contribution in [2.75, 3.05) is 0 Å². The maximum Gasteiger partial charge on any atom is 0.200 e. The first-order chi connectivity index (χ1) is 32.1. The van der Waals surface area contributed by atoms with E-state index in [1.807, 2.05) is 0 Å². The van der Waals surface area contributed by atoms with Crippen molar-refractivity contribution in [3.8, 4) is 44.5 Å². The van der Waals surface area contributed by atoms with E-state index < -0.39 is 206 Å². The number of hydrogen-bond acceptors (Lipinski definition) is 2. The molecule has 4 aromatic carbocycles. The Kier molecular flexibility index (Phi) is 11.8. The van der Waals surface area contributed by atoms with Gasteiger partial charge in [0.2, 0.25) is 23.3 Å². The van der Waals surface area contributed by atoms with Crippen molar-refractivity contribution in [2.45, 2.75) is 0 Å². The van der Waals surface area contributed by atoms with Gasteiger partial charge in [-0.25, -0.2) is 97.8 Å². The first kappa shape index (κ1) is 48.1. The summed E-state index contributed by atoms with van der Waals surface area (Å²) in [6.45, 7) is 0. The second kappa shape index (κ2) is 17.0. The standard InChI is InChI=1S/C44H10F20N4.Co/c45-25-21(26(46)34(54)41(61)33(25)53)17-9-1-2-10(65-9)18(22-27(47)35(55)42(62)36(56)28(22)48)12-5-6-14(67-12)20(24-31(51)39(59)44(64)40(60)32(24)52)16-8-7-15(68-16)19(13-4-3-11(17)66-13)23-29(49)37(57)43(63)38(58)30(23)50;/h1-8,65,68H;. The molecule has 2 N–H and O–H groups in total. The summed E-state index contributed by atoms with van der Waals surface area (Å²) in [4.78, 5) is 12.3. The van der Waals surface area contributed by atoms with Gasteiger partial charge in [-0.15, -0.1) is 0 Å². The van der Waals surface area contributed by atoms with E-state index in [2.05, 4.69) is 19.9 Å². The first-order valence-corrected chi connectivity index (χ1v) is 18.3. The molecule has 0 atom stereocenters. The molecule has 69 heavy (non-hydrogen) atoms. The van der Waals surface area contributed by atoms with E-state index in [0.29, 0.717) is 48.6 Å². The molecule has 0 amide bonds. The first-order valence-electron chi connectivity index (χ1n) is 18.3. The number of fused-ring (bicyclic) bond motifs is 8. The Labute approximate surface area is 378 Å². The predicted octanol–water partition coefficient (Wildman–Crippen LogP) is 14.1. The van der Waals surface area contributed by atoms with Gasteiger partial charge in [0.1, 0.15) is 0 Å². The Morgan fingerprint density at radius 1 is 0.217 bits per heavy atom. The van der Waals surface area contributed by atoms with E-state index in [0.717, 1.165) is 0 Å². The number of halogens is 20. The number of aromatic nitrogens is 4. The maximum absolute atomic E-state index is 15.8. The van der Waals surface area contributed by atoms with Crippen LogP contribution in [0.25, 0.3) is 90.9 Å². The van der Waals surface area contributed by atoms with Gasteiger partial charge in [0.25, 0.3) is 0 Å². The second-order valence-electron chi connectivity index (χ2n) is 14.3. The Balaban J connectivity index is 0.00000642. The molecule has 0 fully saturated rings. The Bertz CT molecular complexity index is 3120. The molecule has 1 radical (unpaired) electrons. The van der Waals surface area contributed by atoms with Crippen molar-refractivity contribution in [1.82, 2.24) is 19.9 Å². The van der Waals surface area contributed by atoms with Crippen LogP contribution in [0, 0.1) is 116 Å². The average molecular weight is 1030 g/mol. The van der Waals surface area contributed by atoms with Crippen LogP contribution in [0.3, 0.4) is 0 Å². The number of aromatic amines is 2. The summed E-state index contributed by atoms with van der Waals surface area (Å²) in [5.41, 5.74) is -20.5. The molecule has 0 unspecified atom stereocenters. The van der Waals surface area contributed by atoms with E-state index in [9.17, 15) is 52.7 Å². The minimum Gasteiger partial charge on any atom is -0.354 e. The molecule has 7 aromatic rings. The van der Waals surface area contributed by atoms with Crippen LogP contribution in [0.2, 0.25) is 0 Å². The predicted molar refractivity (Wildman–Crippen MR) is 200 cm³/mol. The second-order valence-corrected chi connectivity index (χ2v) is 14.3. The quantitative estimate of drug-likeness (QED) is 0.105. The van der Waals surface area contributed by atoms with Gasteiger partial charge in [-0.2, -0.15) is 0 Å². The summed E-state index contributed by atoms with van der Waals surface area (Å²) in [5, 5.41) is 0. The topological polar surface area (TPSA) is 57.4 Å². The van der Waals surface area contributed by atoms with Crippen LogP contribution < -0.4 is 0 Å². The summed E-state index contributed by atoms with van der Waals surface area (Å²) >= 11 is 0. The molecule has 0 saturated carbocycles. The van der Waals surface area contributed by atoms with Crippen LogP contribution >= 0.6 is 0 Å². The van der Waals surface area contributed by atoms with Crippen LogP contribution in [0.5, 0.6) is 0 Å². The van der Waals surface area contributed by atoms with Crippen LogP contribution in [0.4, 0.5) is 87.8 Å². The monoisotopic (exact) mass is 1030 g/mol. The van der Waals surface area contributed by atoms with Crippen LogP contribution in [-0.2, 0) is 16.8 Å². The van der Waals surface area contributed by atoms with Gasteiger partial charge >= 0.3 is 0 Å². The fourth-order valence-corrected chi connectivity index (χ4v) is 7.56. The molecule has 9 rings (SSSR count). The van der Waals surface area contributed by atoms with Crippen molar-refractivity contribution in [1.29, 1.82) is 0 Å². The fraction of sp³-hybridized carbons (Fsp3) is 0. The third-order valence-corrected chi connectivity index (χ3v) is 10.6. The number of nitrogens with one attached hydrogen (secondary N) is 2. The Morgan fingerprint density at radius 3 is 0.522 bits per heavy atom. The van der Waals surface area contributed by atoms with E-state index in [1.54, 1.807) is 0 Å². The number of rotatable bonds is 4. The van der Waals surface area contributed by atoms with Gasteiger partial charge < -0.3 is 9.97 Å². The van der Waals surface area contributed by atoms with Crippen molar-refractivity contribution in [2.24, 2.45) is 0 Å². The molecule has 0 aliphatic carbocycles. The Hall–Kier alpha value is -7.41. The smallest absolute Gasteiger partial charge is 0.200 e. The average Bonchev–Trinajstić information content (AvgIpc) is 4.18. The third kappa shape index (κ3) is 6.98. The molecule has 355 valence electrons. The minimum absolute atomic E-state index is 0. The van der Waals surface area contributed by atoms with Crippen LogP contribution in [-0.4, -0.2) is 19.9 Å². The van der Waals surface area contributed by atoms with E-state index in [4.69, 9.17) is 0 Å². The van der Waals surface area contributed by atoms with E-state index in [-0.39, 0.29) is 16.8 Å². The van der Waals surface area contributed by atoms with Crippen molar-refractivity contribution in [3.63, 3.8) is 0 Å². The number of nitrogens with zero attached hydrogens (tertiary/aromatic N) is 2. The maximum atomic E-state index is 15.8. The fourth-order valence-electron chi connectivity index (χ4n) is 7.56. The molecule has 0 saturated heterocycles. The summed E-state index contributed by atoms with van der Waals surface area (Å²) < 4.78 is 303. The summed E-state index contributed by atoms with van der Waals surface area (Å²) in [7, 11) is 0. The van der Waals surface area contributed by atoms with Crippen molar-refractivity contribution < 1.29 is 105 Å². The molecule has 3 aromatic heterocycles. The SMILES string of the molecule is Fc1c(F)c(F)c(-c2c3nc(c(-c4c(F)c(F)c(F)c(F)c4F)c4ccc([nH]4)c(-c4c(F)c(F)c(F)c(F)c4F)c4nc(c(-c5c(F)c(F)c(F)c(F)c5F)c5ccc2[nH]5)C=C4)C=C3)c(F)c1F.[Co]. The zero-order valence-electron chi connectivity index (χ0n) is 32.4. The zero-order valence-corrected chi connectivity index (χ0v) is 33.4. The number of benzene rings is 4. The van der Waals surface area contributed by atoms with E-state index in [1.165, 1.54) is 0 Å². The molecular weight excluding hydrogens is 1020 g/mol. The molecular formula is C44H10CoF20N4. The van der Waals surface area contributed by atoms with Crippen molar-refractivity contribution >= 4 is 46.4 Å². The van der Waals surface area contributed by atoms with Gasteiger partial charge in [-0.3, -0.25) is 0 Å². The van der Waals surface area contributed by atoms with Crippen molar-refractivity contribution in [3.05, 3.63) is 163 Å². The van der Waals surface area contributed by atoms with Crippen LogP contribution in [0.15, 0.2) is 24.3 Å². The largest absolute Gasteiger partial charge is 0.354 e. The summed E-state index contributed by atoms with van der Waals surface area (Å²) in [6.07, 6.45) is 2.40. The van der Waals surface area contributed by atoms with Gasteiger partial charge in [-0.05, 0) is 48.6 Å².